The van der Waals surface area contributed by atoms with Gasteiger partial charge in [0.15, 0.2) is 0 Å². The zero-order chi connectivity index (χ0) is 12.3. The molecular weight excluding hydrogens is 214 g/mol. The number of carbonyl (C=O) groups is 1. The van der Waals surface area contributed by atoms with Gasteiger partial charge in [0.1, 0.15) is 6.04 Å². The smallest absolute Gasteiger partial charge is 0.323 e. The van der Waals surface area contributed by atoms with Crippen LogP contribution in [0.15, 0.2) is 24.3 Å². The van der Waals surface area contributed by atoms with Gasteiger partial charge in [-0.3, -0.25) is 4.79 Å². The highest BCUT2D eigenvalue weighted by molar-refractivity contribution is 5.76. The van der Waals surface area contributed by atoms with Crippen LogP contribution in [0.3, 0.4) is 0 Å². The van der Waals surface area contributed by atoms with Gasteiger partial charge < -0.3 is 10.1 Å². The maximum atomic E-state index is 11.9. The maximum absolute atomic E-state index is 11.9. The second-order valence-corrected chi connectivity index (χ2v) is 4.56. The molecule has 0 spiro atoms. The molecule has 17 heavy (non-hydrogen) atoms. The lowest BCUT2D eigenvalue weighted by Gasteiger charge is -2.25. The first-order valence-electron chi connectivity index (χ1n) is 6.21. The Morgan fingerprint density at radius 1 is 1.47 bits per heavy atom. The summed E-state index contributed by atoms with van der Waals surface area (Å²) in [6, 6.07) is 8.02. The number of ether oxygens (including phenoxy) is 1. The number of hydrogen-bond donors (Lipinski definition) is 1. The molecule has 1 N–H and O–H groups in total. The predicted molar refractivity (Wildman–Crippen MR) is 66.6 cm³/mol. The fraction of sp³-hybridized carbons (Fsp3) is 0.500. The minimum atomic E-state index is -0.195. The van der Waals surface area contributed by atoms with Gasteiger partial charge in [-0.25, -0.2) is 0 Å². The van der Waals surface area contributed by atoms with Gasteiger partial charge in [-0.2, -0.15) is 0 Å². The van der Waals surface area contributed by atoms with Gasteiger partial charge >= 0.3 is 5.97 Å². The average molecular weight is 233 g/mol. The van der Waals surface area contributed by atoms with Crippen molar-refractivity contribution in [3.8, 4) is 0 Å². The zero-order valence-electron chi connectivity index (χ0n) is 10.4. The number of nitrogens with one attached hydrogen (secondary N) is 1. The molecule has 0 fully saturated rings. The molecule has 0 saturated heterocycles. The average Bonchev–Trinajstić information content (AvgIpc) is 2.38. The van der Waals surface area contributed by atoms with Crippen molar-refractivity contribution in [2.24, 2.45) is 0 Å². The van der Waals surface area contributed by atoms with Gasteiger partial charge in [0, 0.05) is 6.54 Å². The van der Waals surface area contributed by atoms with E-state index in [9.17, 15) is 4.79 Å². The highest BCUT2D eigenvalue weighted by Crippen LogP contribution is 2.17. The summed E-state index contributed by atoms with van der Waals surface area (Å²) in [6.45, 7) is 4.69. The van der Waals surface area contributed by atoms with Crippen LogP contribution >= 0.6 is 0 Å². The Morgan fingerprint density at radius 2 is 2.18 bits per heavy atom. The number of esters is 1. The summed E-state index contributed by atoms with van der Waals surface area (Å²) in [5.41, 5.74) is 2.53. The molecule has 92 valence electrons. The molecule has 3 heteroatoms. The summed E-state index contributed by atoms with van der Waals surface area (Å²) in [4.78, 5) is 11.9. The van der Waals surface area contributed by atoms with E-state index in [4.69, 9.17) is 4.74 Å². The molecular formula is C14H19NO2. The van der Waals surface area contributed by atoms with E-state index in [1.54, 1.807) is 0 Å². The third-order valence-corrected chi connectivity index (χ3v) is 3.26. The summed E-state index contributed by atoms with van der Waals surface area (Å²) < 4.78 is 5.35. The number of rotatable bonds is 3. The molecule has 1 aliphatic heterocycles. The lowest BCUT2D eigenvalue weighted by Crippen LogP contribution is -2.43. The van der Waals surface area contributed by atoms with Crippen LogP contribution in [0.4, 0.5) is 0 Å². The van der Waals surface area contributed by atoms with E-state index in [1.807, 2.05) is 26.0 Å². The molecule has 2 atom stereocenters. The fourth-order valence-corrected chi connectivity index (χ4v) is 1.98. The van der Waals surface area contributed by atoms with Crippen LogP contribution in [0.2, 0.25) is 0 Å². The van der Waals surface area contributed by atoms with Crippen LogP contribution in [0.5, 0.6) is 0 Å². The Labute approximate surface area is 102 Å². The van der Waals surface area contributed by atoms with Gasteiger partial charge in [0.2, 0.25) is 0 Å². The van der Waals surface area contributed by atoms with Crippen molar-refractivity contribution in [1.29, 1.82) is 0 Å². The molecule has 1 heterocycles. The maximum Gasteiger partial charge on any atom is 0.323 e. The molecule has 1 aromatic rings. The summed E-state index contributed by atoms with van der Waals surface area (Å²) in [7, 11) is 0. The second kappa shape index (κ2) is 5.32. The molecule has 0 radical (unpaired) electrons. The highest BCUT2D eigenvalue weighted by atomic mass is 16.5. The lowest BCUT2D eigenvalue weighted by atomic mass is 9.96. The van der Waals surface area contributed by atoms with Crippen molar-refractivity contribution in [1.82, 2.24) is 5.32 Å². The van der Waals surface area contributed by atoms with Crippen molar-refractivity contribution < 1.29 is 9.53 Å². The molecule has 1 aromatic carbocycles. The van der Waals surface area contributed by atoms with Crippen LogP contribution in [-0.2, 0) is 22.5 Å². The summed E-state index contributed by atoms with van der Waals surface area (Å²) >= 11 is 0. The normalized spacial score (nSPS) is 20.5. The minimum Gasteiger partial charge on any atom is -0.462 e. The molecule has 0 aliphatic carbocycles. The van der Waals surface area contributed by atoms with Crippen LogP contribution in [0.25, 0.3) is 0 Å². The molecule has 1 unspecified atom stereocenters. The topological polar surface area (TPSA) is 38.3 Å². The van der Waals surface area contributed by atoms with Crippen molar-refractivity contribution in [3.63, 3.8) is 0 Å². The van der Waals surface area contributed by atoms with E-state index in [2.05, 4.69) is 17.4 Å². The lowest BCUT2D eigenvalue weighted by molar-refractivity contribution is -0.151. The number of benzene rings is 1. The zero-order valence-corrected chi connectivity index (χ0v) is 10.4. The van der Waals surface area contributed by atoms with Crippen LogP contribution < -0.4 is 5.32 Å². The van der Waals surface area contributed by atoms with E-state index in [0.717, 1.165) is 19.4 Å². The molecule has 0 amide bonds. The van der Waals surface area contributed by atoms with E-state index < -0.39 is 0 Å². The van der Waals surface area contributed by atoms with Gasteiger partial charge in [0.25, 0.3) is 0 Å². The molecule has 0 bridgehead atoms. The standard InChI is InChI=1S/C14H19NO2/c1-3-10(2)17-14(16)13-8-11-6-4-5-7-12(11)9-15-13/h4-7,10,13,15H,3,8-9H2,1-2H3/t10?,13-/m0/s1. The van der Waals surface area contributed by atoms with Crippen LogP contribution in [-0.4, -0.2) is 18.1 Å². The Balaban J connectivity index is 2.00. The van der Waals surface area contributed by atoms with Crippen molar-refractivity contribution in [3.05, 3.63) is 35.4 Å². The summed E-state index contributed by atoms with van der Waals surface area (Å²) in [5.74, 6) is -0.131. The van der Waals surface area contributed by atoms with Crippen molar-refractivity contribution in [2.75, 3.05) is 0 Å². The first-order chi connectivity index (χ1) is 8.20. The largest absolute Gasteiger partial charge is 0.462 e. The number of carbonyl (C=O) groups excluding carboxylic acids is 1. The molecule has 3 nitrogen and oxygen atoms in total. The molecule has 2 rings (SSSR count). The first-order valence-corrected chi connectivity index (χ1v) is 6.21. The minimum absolute atomic E-state index is 0.00136. The molecule has 0 aromatic heterocycles. The predicted octanol–water partition coefficient (Wildman–Crippen LogP) is 2.04. The van der Waals surface area contributed by atoms with Crippen molar-refractivity contribution >= 4 is 5.97 Å². The van der Waals surface area contributed by atoms with Crippen LogP contribution in [0.1, 0.15) is 31.4 Å². The monoisotopic (exact) mass is 233 g/mol. The number of fused-ring (bicyclic) bond motifs is 1. The molecule has 0 saturated carbocycles. The summed E-state index contributed by atoms with van der Waals surface area (Å²) in [6.07, 6.45) is 1.59. The van der Waals surface area contributed by atoms with Crippen LogP contribution in [0, 0.1) is 0 Å². The van der Waals surface area contributed by atoms with E-state index in [1.165, 1.54) is 11.1 Å². The Bertz CT molecular complexity index is 403. The highest BCUT2D eigenvalue weighted by Gasteiger charge is 2.25. The van der Waals surface area contributed by atoms with Gasteiger partial charge in [-0.15, -0.1) is 0 Å². The Morgan fingerprint density at radius 3 is 2.88 bits per heavy atom. The SMILES string of the molecule is CCC(C)OC(=O)[C@@H]1Cc2ccccc2CN1. The fourth-order valence-electron chi connectivity index (χ4n) is 1.98. The van der Waals surface area contributed by atoms with E-state index in [-0.39, 0.29) is 18.1 Å². The Hall–Kier alpha value is -1.35. The second-order valence-electron chi connectivity index (χ2n) is 4.56. The van der Waals surface area contributed by atoms with E-state index >= 15 is 0 Å². The van der Waals surface area contributed by atoms with E-state index in [0.29, 0.717) is 0 Å². The number of hydrogen-bond acceptors (Lipinski definition) is 3. The van der Waals surface area contributed by atoms with Gasteiger partial charge in [-0.05, 0) is 30.9 Å². The molecule has 1 aliphatic rings. The van der Waals surface area contributed by atoms with Gasteiger partial charge in [-0.1, -0.05) is 31.2 Å². The summed E-state index contributed by atoms with van der Waals surface area (Å²) in [5, 5.41) is 3.23. The van der Waals surface area contributed by atoms with Gasteiger partial charge in [0.05, 0.1) is 6.10 Å². The van der Waals surface area contributed by atoms with Crippen molar-refractivity contribution in [2.45, 2.75) is 45.4 Å². The Kier molecular flexibility index (Phi) is 3.79. The third kappa shape index (κ3) is 2.86. The first kappa shape index (κ1) is 12.1. The quantitative estimate of drug-likeness (QED) is 0.812. The third-order valence-electron chi connectivity index (χ3n) is 3.26.